The van der Waals surface area contributed by atoms with Gasteiger partial charge in [-0.25, -0.2) is 0 Å². The van der Waals surface area contributed by atoms with E-state index in [4.69, 9.17) is 5.73 Å². The number of piperidine rings is 1. The van der Waals surface area contributed by atoms with E-state index >= 15 is 0 Å². The van der Waals surface area contributed by atoms with E-state index in [1.165, 1.54) is 25.9 Å². The first kappa shape index (κ1) is 13.6. The minimum atomic E-state index is 0.708. The van der Waals surface area contributed by atoms with Crippen LogP contribution in [0.1, 0.15) is 58.3 Å². The summed E-state index contributed by atoms with van der Waals surface area (Å²) >= 11 is 0. The second-order valence-corrected chi connectivity index (χ2v) is 8.88. The van der Waals surface area contributed by atoms with Crippen LogP contribution in [-0.4, -0.2) is 30.6 Å². The van der Waals surface area contributed by atoms with Crippen LogP contribution in [-0.2, 0) is 0 Å². The zero-order chi connectivity index (χ0) is 13.7. The molecule has 5 aliphatic rings. The molecule has 1 aliphatic heterocycles. The summed E-state index contributed by atoms with van der Waals surface area (Å²) in [6.45, 7) is 6.02. The molecule has 2 unspecified atom stereocenters. The van der Waals surface area contributed by atoms with Gasteiger partial charge in [0.1, 0.15) is 0 Å². The molecule has 1 heterocycles. The van der Waals surface area contributed by atoms with E-state index < -0.39 is 0 Å². The topological polar surface area (TPSA) is 29.3 Å². The molecule has 4 bridgehead atoms. The minimum Gasteiger partial charge on any atom is -0.330 e. The van der Waals surface area contributed by atoms with Crippen molar-refractivity contribution < 1.29 is 0 Å². The third-order valence-electron chi connectivity index (χ3n) is 7.15. The van der Waals surface area contributed by atoms with Crippen molar-refractivity contribution >= 4 is 0 Å². The fraction of sp³-hybridized carbons (Fsp3) is 1.00. The fourth-order valence-electron chi connectivity index (χ4n) is 6.59. The normalized spacial score (nSPS) is 51.6. The first-order valence-electron chi connectivity index (χ1n) is 9.10. The molecule has 114 valence electrons. The molecule has 0 aromatic rings. The molecule has 4 aliphatic carbocycles. The fourth-order valence-corrected chi connectivity index (χ4v) is 6.59. The molecule has 2 heteroatoms. The molecule has 2 N–H and O–H groups in total. The lowest BCUT2D eigenvalue weighted by atomic mass is 9.49. The molecule has 2 atom stereocenters. The highest BCUT2D eigenvalue weighted by Gasteiger charge is 2.51. The molecule has 5 fully saturated rings. The number of hydrogen-bond donors (Lipinski definition) is 1. The predicted molar refractivity (Wildman–Crippen MR) is 83.4 cm³/mol. The Hall–Kier alpha value is -0.0800. The molecular formula is C18H32N2. The van der Waals surface area contributed by atoms with Gasteiger partial charge in [0.05, 0.1) is 0 Å². The second kappa shape index (κ2) is 4.98. The maximum Gasteiger partial charge on any atom is 0.00674 e. The molecule has 0 aromatic carbocycles. The summed E-state index contributed by atoms with van der Waals surface area (Å²) in [5.74, 6) is 4.03. The Morgan fingerprint density at radius 2 is 1.60 bits per heavy atom. The van der Waals surface area contributed by atoms with E-state index in [1.807, 2.05) is 0 Å². The van der Waals surface area contributed by atoms with Crippen LogP contribution < -0.4 is 5.73 Å². The van der Waals surface area contributed by atoms with Gasteiger partial charge in [-0.15, -0.1) is 0 Å². The molecule has 2 nitrogen and oxygen atoms in total. The van der Waals surface area contributed by atoms with Crippen LogP contribution >= 0.6 is 0 Å². The van der Waals surface area contributed by atoms with E-state index in [1.54, 1.807) is 38.5 Å². The highest BCUT2D eigenvalue weighted by atomic mass is 15.2. The van der Waals surface area contributed by atoms with Gasteiger partial charge in [0, 0.05) is 19.1 Å². The van der Waals surface area contributed by atoms with Gasteiger partial charge in [-0.2, -0.15) is 0 Å². The number of likely N-dealkylation sites (tertiary alicyclic amines) is 1. The quantitative estimate of drug-likeness (QED) is 0.857. The lowest BCUT2D eigenvalue weighted by molar-refractivity contribution is -0.0795. The van der Waals surface area contributed by atoms with Gasteiger partial charge in [0.25, 0.3) is 0 Å². The number of rotatable bonds is 3. The molecule has 0 amide bonds. The molecule has 1 saturated heterocycles. The van der Waals surface area contributed by atoms with Crippen LogP contribution in [0.25, 0.3) is 0 Å². The van der Waals surface area contributed by atoms with Crippen molar-refractivity contribution in [3.8, 4) is 0 Å². The Kier molecular flexibility index (Phi) is 3.38. The standard InChI is InChI=1S/C18H32N2/c1-13-2-3-14(10-19)11-20(13)12-18-7-15-4-16(8-18)6-17(5-15)9-18/h13-17H,2-12,19H2,1H3. The summed E-state index contributed by atoms with van der Waals surface area (Å²) in [5.41, 5.74) is 6.65. The third kappa shape index (κ3) is 2.33. The van der Waals surface area contributed by atoms with Gasteiger partial charge in [-0.05, 0) is 93.9 Å². The first-order valence-corrected chi connectivity index (χ1v) is 9.10. The van der Waals surface area contributed by atoms with E-state index in [9.17, 15) is 0 Å². The molecule has 5 rings (SSSR count). The van der Waals surface area contributed by atoms with Crippen LogP contribution in [0.5, 0.6) is 0 Å². The van der Waals surface area contributed by atoms with Crippen LogP contribution in [0.3, 0.4) is 0 Å². The van der Waals surface area contributed by atoms with Crippen molar-refractivity contribution in [1.29, 1.82) is 0 Å². The van der Waals surface area contributed by atoms with Crippen molar-refractivity contribution in [2.75, 3.05) is 19.6 Å². The number of hydrogen-bond acceptors (Lipinski definition) is 2. The predicted octanol–water partition coefficient (Wildman–Crippen LogP) is 3.26. The van der Waals surface area contributed by atoms with Crippen molar-refractivity contribution in [3.05, 3.63) is 0 Å². The minimum absolute atomic E-state index is 0.708. The Balaban J connectivity index is 1.47. The van der Waals surface area contributed by atoms with Crippen LogP contribution in [0.4, 0.5) is 0 Å². The smallest absolute Gasteiger partial charge is 0.00674 e. The monoisotopic (exact) mass is 276 g/mol. The summed E-state index contributed by atoms with van der Waals surface area (Å²) in [5, 5.41) is 0. The largest absolute Gasteiger partial charge is 0.330 e. The van der Waals surface area contributed by atoms with Crippen molar-refractivity contribution in [1.82, 2.24) is 4.90 Å². The molecule has 20 heavy (non-hydrogen) atoms. The zero-order valence-corrected chi connectivity index (χ0v) is 13.2. The van der Waals surface area contributed by atoms with Gasteiger partial charge >= 0.3 is 0 Å². The van der Waals surface area contributed by atoms with E-state index in [0.29, 0.717) is 5.41 Å². The maximum atomic E-state index is 5.95. The summed E-state index contributed by atoms with van der Waals surface area (Å²) in [7, 11) is 0. The van der Waals surface area contributed by atoms with Gasteiger partial charge in [0.15, 0.2) is 0 Å². The third-order valence-corrected chi connectivity index (χ3v) is 7.15. The summed E-state index contributed by atoms with van der Waals surface area (Å²) in [6.07, 6.45) is 12.1. The van der Waals surface area contributed by atoms with Crippen LogP contribution in [0.2, 0.25) is 0 Å². The first-order chi connectivity index (χ1) is 9.66. The van der Waals surface area contributed by atoms with Gasteiger partial charge in [-0.1, -0.05) is 0 Å². The van der Waals surface area contributed by atoms with Crippen molar-refractivity contribution in [2.24, 2.45) is 34.8 Å². The lowest BCUT2D eigenvalue weighted by Gasteiger charge is -2.58. The second-order valence-electron chi connectivity index (χ2n) is 8.88. The van der Waals surface area contributed by atoms with Crippen molar-refractivity contribution in [2.45, 2.75) is 64.3 Å². The maximum absolute atomic E-state index is 5.95. The Bertz CT molecular complexity index is 329. The Morgan fingerprint density at radius 3 is 2.15 bits per heavy atom. The Morgan fingerprint density at radius 1 is 1.00 bits per heavy atom. The van der Waals surface area contributed by atoms with E-state index in [2.05, 4.69) is 11.8 Å². The van der Waals surface area contributed by atoms with Crippen LogP contribution in [0.15, 0.2) is 0 Å². The number of nitrogens with two attached hydrogens (primary N) is 1. The van der Waals surface area contributed by atoms with E-state index in [0.717, 1.165) is 36.3 Å². The Labute approximate surface area is 124 Å². The highest BCUT2D eigenvalue weighted by molar-refractivity contribution is 5.03. The number of nitrogens with zero attached hydrogens (tertiary/aromatic N) is 1. The van der Waals surface area contributed by atoms with Gasteiger partial charge in [-0.3, -0.25) is 4.90 Å². The molecule has 0 aromatic heterocycles. The molecule has 0 spiro atoms. The summed E-state index contributed by atoms with van der Waals surface area (Å²) in [6, 6.07) is 0.797. The van der Waals surface area contributed by atoms with Gasteiger partial charge < -0.3 is 5.73 Å². The molecule has 0 radical (unpaired) electrons. The van der Waals surface area contributed by atoms with Crippen molar-refractivity contribution in [3.63, 3.8) is 0 Å². The average molecular weight is 276 g/mol. The summed E-state index contributed by atoms with van der Waals surface area (Å²) < 4.78 is 0. The molecular weight excluding hydrogens is 244 g/mol. The van der Waals surface area contributed by atoms with Crippen LogP contribution in [0, 0.1) is 29.1 Å². The van der Waals surface area contributed by atoms with Gasteiger partial charge in [0.2, 0.25) is 0 Å². The van der Waals surface area contributed by atoms with E-state index in [-0.39, 0.29) is 0 Å². The lowest BCUT2D eigenvalue weighted by Crippen LogP contribution is -2.54. The SMILES string of the molecule is CC1CCC(CN)CN1CC12CC3CC(CC(C3)C1)C2. The summed E-state index contributed by atoms with van der Waals surface area (Å²) in [4.78, 5) is 2.83. The highest BCUT2D eigenvalue weighted by Crippen LogP contribution is 2.60. The molecule has 4 saturated carbocycles. The zero-order valence-electron chi connectivity index (χ0n) is 13.2. The average Bonchev–Trinajstić information content (AvgIpc) is 2.39.